The first-order valence-corrected chi connectivity index (χ1v) is 12.3. The summed E-state index contributed by atoms with van der Waals surface area (Å²) in [4.78, 5) is 33.2. The van der Waals surface area contributed by atoms with Gasteiger partial charge in [-0.25, -0.2) is 4.98 Å². The molecule has 1 saturated heterocycles. The fraction of sp³-hybridized carbons (Fsp3) is 0.269. The van der Waals surface area contributed by atoms with E-state index in [1.807, 2.05) is 42.5 Å². The molecule has 0 bridgehead atoms. The second kappa shape index (κ2) is 10.2. The molecule has 5 rings (SSSR count). The van der Waals surface area contributed by atoms with Crippen LogP contribution in [0.4, 0.5) is 5.69 Å². The number of hydrogen-bond acceptors (Lipinski definition) is 6. The number of nitrogens with zero attached hydrogens (tertiary/aromatic N) is 2. The Kier molecular flexibility index (Phi) is 6.69. The van der Waals surface area contributed by atoms with E-state index >= 15 is 0 Å². The van der Waals surface area contributed by atoms with Gasteiger partial charge in [0.1, 0.15) is 10.6 Å². The molecule has 4 aromatic rings. The number of anilines is 1. The average Bonchev–Trinajstić information content (AvgIpc) is 3.53. The zero-order valence-corrected chi connectivity index (χ0v) is 19.6. The van der Waals surface area contributed by atoms with Crippen molar-refractivity contribution in [1.82, 2.24) is 15.2 Å². The van der Waals surface area contributed by atoms with E-state index in [2.05, 4.69) is 20.5 Å². The summed E-state index contributed by atoms with van der Waals surface area (Å²) in [7, 11) is 0. The maximum Gasteiger partial charge on any atom is 0.287 e. The summed E-state index contributed by atoms with van der Waals surface area (Å²) in [6.07, 6.45) is 5.49. The number of furan rings is 1. The van der Waals surface area contributed by atoms with Crippen molar-refractivity contribution in [2.45, 2.75) is 19.3 Å². The molecular formula is C26H26N4O3S. The van der Waals surface area contributed by atoms with Crippen LogP contribution < -0.4 is 10.6 Å². The first-order chi connectivity index (χ1) is 16.7. The summed E-state index contributed by atoms with van der Waals surface area (Å²) in [6, 6.07) is 16.5. The topological polar surface area (TPSA) is 87.5 Å². The number of aromatic nitrogens is 1. The molecule has 0 unspecified atom stereocenters. The monoisotopic (exact) mass is 474 g/mol. The largest absolute Gasteiger partial charge is 0.451 e. The molecule has 4 heterocycles. The highest BCUT2D eigenvalue weighted by atomic mass is 32.1. The molecule has 0 radical (unpaired) electrons. The molecule has 1 fully saturated rings. The van der Waals surface area contributed by atoms with Gasteiger partial charge in [0.25, 0.3) is 11.8 Å². The minimum absolute atomic E-state index is 0.169. The van der Waals surface area contributed by atoms with Crippen molar-refractivity contribution in [3.63, 3.8) is 0 Å². The Labute approximate surface area is 201 Å². The number of benzene rings is 1. The maximum atomic E-state index is 12.6. The molecule has 3 aromatic heterocycles. The molecule has 8 heteroatoms. The van der Waals surface area contributed by atoms with E-state index in [9.17, 15) is 9.59 Å². The van der Waals surface area contributed by atoms with Crippen LogP contribution in [0.5, 0.6) is 0 Å². The summed E-state index contributed by atoms with van der Waals surface area (Å²) in [5.74, 6) is 0.529. The minimum Gasteiger partial charge on any atom is -0.451 e. The van der Waals surface area contributed by atoms with Crippen LogP contribution in [-0.4, -0.2) is 47.9 Å². The molecule has 1 aliphatic heterocycles. The van der Waals surface area contributed by atoms with Crippen molar-refractivity contribution in [2.24, 2.45) is 0 Å². The van der Waals surface area contributed by atoms with E-state index in [-0.39, 0.29) is 11.8 Å². The van der Waals surface area contributed by atoms with Crippen LogP contribution in [0.1, 0.15) is 39.5 Å². The summed E-state index contributed by atoms with van der Waals surface area (Å²) in [6.45, 7) is 3.70. The van der Waals surface area contributed by atoms with E-state index in [4.69, 9.17) is 4.42 Å². The highest BCUT2D eigenvalue weighted by Crippen LogP contribution is 2.26. The van der Waals surface area contributed by atoms with Gasteiger partial charge in [0.15, 0.2) is 5.76 Å². The molecule has 1 aliphatic rings. The lowest BCUT2D eigenvalue weighted by molar-refractivity contribution is 0.0919. The molecule has 0 spiro atoms. The second-order valence-corrected chi connectivity index (χ2v) is 9.39. The average molecular weight is 475 g/mol. The first kappa shape index (κ1) is 22.3. The van der Waals surface area contributed by atoms with Gasteiger partial charge in [-0.2, -0.15) is 0 Å². The molecule has 2 amide bonds. The van der Waals surface area contributed by atoms with Gasteiger partial charge in [0.05, 0.1) is 4.88 Å². The number of carbonyl (C=O) groups is 2. The maximum absolute atomic E-state index is 12.6. The number of likely N-dealkylation sites (tertiary alicyclic amines) is 1. The Hall–Kier alpha value is -3.49. The molecule has 1 aromatic carbocycles. The van der Waals surface area contributed by atoms with E-state index in [0.717, 1.165) is 35.4 Å². The standard InChI is InChI=1S/C26H26N4O3S/c31-24(27-13-16-30-14-2-1-3-15-30)22-11-10-21(33-22)18-6-8-20(9-7-18)29-25(32)23-17-19-5-4-12-28-26(19)34-23/h4-12,17H,1-3,13-16H2,(H,27,31)(H,29,32). The van der Waals surface area contributed by atoms with Crippen LogP contribution in [-0.2, 0) is 0 Å². The fourth-order valence-corrected chi connectivity index (χ4v) is 5.00. The van der Waals surface area contributed by atoms with E-state index < -0.39 is 0 Å². The van der Waals surface area contributed by atoms with E-state index in [1.165, 1.54) is 30.6 Å². The predicted molar refractivity (Wildman–Crippen MR) is 134 cm³/mol. The number of carbonyl (C=O) groups excluding carboxylic acids is 2. The molecule has 0 saturated carbocycles. The Bertz CT molecular complexity index is 1260. The Balaban J connectivity index is 1.16. The van der Waals surface area contributed by atoms with Crippen molar-refractivity contribution in [2.75, 3.05) is 31.5 Å². The van der Waals surface area contributed by atoms with Crippen molar-refractivity contribution in [1.29, 1.82) is 0 Å². The van der Waals surface area contributed by atoms with Crippen molar-refractivity contribution in [3.05, 3.63) is 71.4 Å². The Morgan fingerprint density at radius 3 is 2.62 bits per heavy atom. The highest BCUT2D eigenvalue weighted by molar-refractivity contribution is 7.20. The number of amides is 2. The number of rotatable bonds is 7. The van der Waals surface area contributed by atoms with Gasteiger partial charge in [-0.3, -0.25) is 9.59 Å². The SMILES string of the molecule is O=C(NCCN1CCCCC1)c1ccc(-c2ccc(NC(=O)c3cc4cccnc4s3)cc2)o1. The molecule has 7 nitrogen and oxygen atoms in total. The van der Waals surface area contributed by atoms with Crippen LogP contribution in [0.25, 0.3) is 21.5 Å². The van der Waals surface area contributed by atoms with Gasteiger partial charge in [0, 0.05) is 35.9 Å². The van der Waals surface area contributed by atoms with Gasteiger partial charge >= 0.3 is 0 Å². The van der Waals surface area contributed by atoms with Gasteiger partial charge in [0.2, 0.25) is 0 Å². The lowest BCUT2D eigenvalue weighted by Gasteiger charge is -2.26. The zero-order valence-electron chi connectivity index (χ0n) is 18.8. The van der Waals surface area contributed by atoms with Gasteiger partial charge in [-0.1, -0.05) is 12.5 Å². The minimum atomic E-state index is -0.204. The fourth-order valence-electron chi connectivity index (χ4n) is 4.11. The number of hydrogen-bond donors (Lipinski definition) is 2. The smallest absolute Gasteiger partial charge is 0.287 e. The van der Waals surface area contributed by atoms with Gasteiger partial charge in [-0.05, 0) is 74.5 Å². The second-order valence-electron chi connectivity index (χ2n) is 8.36. The number of fused-ring (bicyclic) bond motifs is 1. The first-order valence-electron chi connectivity index (χ1n) is 11.5. The van der Waals surface area contributed by atoms with Crippen LogP contribution >= 0.6 is 11.3 Å². The quantitative estimate of drug-likeness (QED) is 0.393. The van der Waals surface area contributed by atoms with E-state index in [0.29, 0.717) is 28.6 Å². The summed E-state index contributed by atoms with van der Waals surface area (Å²) in [5.41, 5.74) is 1.51. The van der Waals surface area contributed by atoms with Crippen LogP contribution in [0.15, 0.2) is 65.2 Å². The van der Waals surface area contributed by atoms with Crippen LogP contribution in [0.3, 0.4) is 0 Å². The molecule has 0 aliphatic carbocycles. The summed E-state index contributed by atoms with van der Waals surface area (Å²) >= 11 is 1.36. The lowest BCUT2D eigenvalue weighted by Crippen LogP contribution is -2.37. The third-order valence-corrected chi connectivity index (χ3v) is 6.99. The number of nitrogens with one attached hydrogen (secondary N) is 2. The molecular weight excluding hydrogens is 448 g/mol. The third-order valence-electron chi connectivity index (χ3n) is 5.94. The molecule has 0 atom stereocenters. The van der Waals surface area contributed by atoms with Crippen molar-refractivity contribution < 1.29 is 14.0 Å². The van der Waals surface area contributed by atoms with Crippen molar-refractivity contribution >= 4 is 39.1 Å². The molecule has 174 valence electrons. The Morgan fingerprint density at radius 1 is 1.00 bits per heavy atom. The van der Waals surface area contributed by atoms with Gasteiger partial charge in [-0.15, -0.1) is 11.3 Å². The van der Waals surface area contributed by atoms with Gasteiger partial charge < -0.3 is 20.0 Å². The number of thiophene rings is 1. The van der Waals surface area contributed by atoms with Crippen molar-refractivity contribution in [3.8, 4) is 11.3 Å². The molecule has 34 heavy (non-hydrogen) atoms. The van der Waals surface area contributed by atoms with Crippen LogP contribution in [0, 0.1) is 0 Å². The normalized spacial score (nSPS) is 14.2. The predicted octanol–water partition coefficient (Wildman–Crippen LogP) is 5.02. The number of piperidine rings is 1. The third kappa shape index (κ3) is 5.18. The Morgan fingerprint density at radius 2 is 1.82 bits per heavy atom. The summed E-state index contributed by atoms with van der Waals surface area (Å²) in [5, 5.41) is 6.81. The number of pyridine rings is 1. The highest BCUT2D eigenvalue weighted by Gasteiger charge is 2.15. The zero-order chi connectivity index (χ0) is 23.3. The summed E-state index contributed by atoms with van der Waals surface area (Å²) < 4.78 is 5.78. The van der Waals surface area contributed by atoms with E-state index in [1.54, 1.807) is 18.3 Å². The van der Waals surface area contributed by atoms with Crippen LogP contribution in [0.2, 0.25) is 0 Å². The lowest BCUT2D eigenvalue weighted by atomic mass is 10.1. The molecule has 2 N–H and O–H groups in total.